The van der Waals surface area contributed by atoms with Gasteiger partial charge in [0.2, 0.25) is 0 Å². The number of nitrogens with two attached hydrogens (primary N) is 1. The molecule has 0 radical (unpaired) electrons. The van der Waals surface area contributed by atoms with Crippen LogP contribution in [0.4, 0.5) is 0 Å². The fourth-order valence-electron chi connectivity index (χ4n) is 3.54. The number of rotatable bonds is 6. The molecule has 118 valence electrons. The van der Waals surface area contributed by atoms with Crippen molar-refractivity contribution in [1.82, 2.24) is 5.43 Å². The molecule has 0 heterocycles. The molecule has 1 aromatic carbocycles. The Labute approximate surface area is 138 Å². The van der Waals surface area contributed by atoms with E-state index in [9.17, 15) is 0 Å². The molecule has 1 fully saturated rings. The monoisotopic (exact) mass is 328 g/mol. The van der Waals surface area contributed by atoms with Crippen molar-refractivity contribution in [3.8, 4) is 0 Å². The highest BCUT2D eigenvalue weighted by molar-refractivity contribution is 6.42. The van der Waals surface area contributed by atoms with Crippen LogP contribution >= 0.6 is 23.2 Å². The minimum Gasteiger partial charge on any atom is -0.271 e. The molecule has 2 rings (SSSR count). The molecule has 0 saturated heterocycles. The lowest BCUT2D eigenvalue weighted by Gasteiger charge is -2.34. The molecule has 0 spiro atoms. The van der Waals surface area contributed by atoms with Gasteiger partial charge in [0.25, 0.3) is 0 Å². The van der Waals surface area contributed by atoms with Gasteiger partial charge >= 0.3 is 0 Å². The Kier molecular flexibility index (Phi) is 6.81. The molecule has 1 aliphatic rings. The normalized spacial score (nSPS) is 24.0. The number of nitrogens with one attached hydrogen (secondary N) is 1. The van der Waals surface area contributed by atoms with Gasteiger partial charge in [-0.05, 0) is 36.3 Å². The van der Waals surface area contributed by atoms with Crippen molar-refractivity contribution in [1.29, 1.82) is 0 Å². The van der Waals surface area contributed by atoms with Crippen molar-refractivity contribution in [2.75, 3.05) is 0 Å². The largest absolute Gasteiger partial charge is 0.271 e. The molecular weight excluding hydrogens is 303 g/mol. The smallest absolute Gasteiger partial charge is 0.0640 e. The second-order valence-electron chi connectivity index (χ2n) is 6.21. The van der Waals surface area contributed by atoms with Crippen LogP contribution in [0.5, 0.6) is 0 Å². The van der Waals surface area contributed by atoms with Gasteiger partial charge in [-0.1, -0.05) is 74.4 Å². The van der Waals surface area contributed by atoms with Crippen LogP contribution in [0.2, 0.25) is 10.0 Å². The summed E-state index contributed by atoms with van der Waals surface area (Å²) in [7, 11) is 0. The first-order chi connectivity index (χ1) is 10.2. The van der Waals surface area contributed by atoms with Gasteiger partial charge in [-0.2, -0.15) is 0 Å². The minimum atomic E-state index is 0.100. The molecule has 2 nitrogen and oxygen atoms in total. The first kappa shape index (κ1) is 17.1. The molecule has 3 N–H and O–H groups in total. The van der Waals surface area contributed by atoms with Crippen molar-refractivity contribution in [3.63, 3.8) is 0 Å². The van der Waals surface area contributed by atoms with Crippen molar-refractivity contribution in [2.24, 2.45) is 17.7 Å². The van der Waals surface area contributed by atoms with Gasteiger partial charge in [-0.3, -0.25) is 11.3 Å². The van der Waals surface area contributed by atoms with Crippen molar-refractivity contribution >= 4 is 23.2 Å². The van der Waals surface area contributed by atoms with Gasteiger partial charge in [0.15, 0.2) is 0 Å². The van der Waals surface area contributed by atoms with Crippen LogP contribution in [-0.2, 0) is 0 Å². The van der Waals surface area contributed by atoms with Gasteiger partial charge in [-0.25, -0.2) is 0 Å². The van der Waals surface area contributed by atoms with Gasteiger partial charge in [0.1, 0.15) is 0 Å². The van der Waals surface area contributed by atoms with E-state index >= 15 is 0 Å². The van der Waals surface area contributed by atoms with E-state index in [0.717, 1.165) is 11.5 Å². The molecule has 0 aliphatic heterocycles. The third-order valence-electron chi connectivity index (χ3n) is 4.82. The van der Waals surface area contributed by atoms with E-state index in [4.69, 9.17) is 29.0 Å². The first-order valence-electron chi connectivity index (χ1n) is 8.07. The lowest BCUT2D eigenvalue weighted by Crippen LogP contribution is -2.35. The maximum absolute atomic E-state index is 6.36. The quantitative estimate of drug-likeness (QED) is 0.534. The summed E-state index contributed by atoms with van der Waals surface area (Å²) in [6, 6.07) is 5.90. The molecule has 0 amide bonds. The zero-order valence-electron chi connectivity index (χ0n) is 12.7. The molecular formula is C17H26Cl2N2. The average molecular weight is 329 g/mol. The second kappa shape index (κ2) is 8.38. The van der Waals surface area contributed by atoms with Gasteiger partial charge in [-0.15, -0.1) is 0 Å². The second-order valence-corrected chi connectivity index (χ2v) is 7.00. The predicted molar refractivity (Wildman–Crippen MR) is 91.5 cm³/mol. The average Bonchev–Trinajstić information content (AvgIpc) is 2.51. The molecule has 21 heavy (non-hydrogen) atoms. The predicted octanol–water partition coefficient (Wildman–Crippen LogP) is 5.49. The van der Waals surface area contributed by atoms with E-state index in [1.165, 1.54) is 44.9 Å². The van der Waals surface area contributed by atoms with E-state index in [-0.39, 0.29) is 6.04 Å². The molecule has 1 saturated carbocycles. The Morgan fingerprint density at radius 3 is 2.57 bits per heavy atom. The summed E-state index contributed by atoms with van der Waals surface area (Å²) in [4.78, 5) is 0. The summed E-state index contributed by atoms with van der Waals surface area (Å²) in [6.07, 6.45) is 9.07. The Bertz CT molecular complexity index is 442. The molecule has 0 aromatic heterocycles. The van der Waals surface area contributed by atoms with Crippen LogP contribution < -0.4 is 11.3 Å². The number of hydrazine groups is 1. The topological polar surface area (TPSA) is 38.0 Å². The summed E-state index contributed by atoms with van der Waals surface area (Å²) in [5.74, 6) is 7.26. The third-order valence-corrected chi connectivity index (χ3v) is 5.66. The van der Waals surface area contributed by atoms with Crippen molar-refractivity contribution in [2.45, 2.75) is 57.9 Å². The lowest BCUT2D eigenvalue weighted by molar-refractivity contribution is 0.213. The van der Waals surface area contributed by atoms with Crippen LogP contribution in [0.1, 0.15) is 63.5 Å². The van der Waals surface area contributed by atoms with E-state index in [1.54, 1.807) is 0 Å². The molecule has 1 aromatic rings. The Hall–Kier alpha value is -0.280. The third kappa shape index (κ3) is 4.35. The zero-order chi connectivity index (χ0) is 15.2. The summed E-state index contributed by atoms with van der Waals surface area (Å²) < 4.78 is 0. The number of hydrogen-bond acceptors (Lipinski definition) is 2. The lowest BCUT2D eigenvalue weighted by atomic mass is 9.75. The first-order valence-corrected chi connectivity index (χ1v) is 8.83. The Morgan fingerprint density at radius 1 is 1.24 bits per heavy atom. The molecule has 0 bridgehead atoms. The SMILES string of the molecule is CCCCC1CCC(C(NN)c2cccc(Cl)c2Cl)CC1. The van der Waals surface area contributed by atoms with E-state index in [2.05, 4.69) is 12.3 Å². The van der Waals surface area contributed by atoms with Crippen LogP contribution in [-0.4, -0.2) is 0 Å². The summed E-state index contributed by atoms with van der Waals surface area (Å²) >= 11 is 12.5. The highest BCUT2D eigenvalue weighted by Crippen LogP contribution is 2.41. The molecule has 1 unspecified atom stereocenters. The van der Waals surface area contributed by atoms with Gasteiger partial charge in [0, 0.05) is 0 Å². The number of hydrogen-bond donors (Lipinski definition) is 2. The fraction of sp³-hybridized carbons (Fsp3) is 0.647. The van der Waals surface area contributed by atoms with Gasteiger partial charge < -0.3 is 0 Å². The van der Waals surface area contributed by atoms with E-state index < -0.39 is 0 Å². The Balaban J connectivity index is 2.01. The maximum Gasteiger partial charge on any atom is 0.0640 e. The van der Waals surface area contributed by atoms with E-state index in [1.807, 2.05) is 18.2 Å². The maximum atomic E-state index is 6.36. The summed E-state index contributed by atoms with van der Waals surface area (Å²) in [6.45, 7) is 2.27. The van der Waals surface area contributed by atoms with Crippen LogP contribution in [0, 0.1) is 11.8 Å². The summed E-state index contributed by atoms with van der Waals surface area (Å²) in [5, 5.41) is 1.24. The minimum absolute atomic E-state index is 0.100. The molecule has 1 atom stereocenters. The Morgan fingerprint density at radius 2 is 1.95 bits per heavy atom. The molecule has 1 aliphatic carbocycles. The highest BCUT2D eigenvalue weighted by atomic mass is 35.5. The van der Waals surface area contributed by atoms with Crippen molar-refractivity contribution in [3.05, 3.63) is 33.8 Å². The van der Waals surface area contributed by atoms with Gasteiger partial charge in [0.05, 0.1) is 16.1 Å². The standard InChI is InChI=1S/C17H26Cl2N2/c1-2-3-5-12-8-10-13(11-9-12)17(21-20)14-6-4-7-15(18)16(14)19/h4,6-7,12-13,17,21H,2-3,5,8-11,20H2,1H3. The fourth-order valence-corrected chi connectivity index (χ4v) is 3.97. The van der Waals surface area contributed by atoms with Crippen LogP contribution in [0.25, 0.3) is 0 Å². The number of benzene rings is 1. The number of unbranched alkanes of at least 4 members (excludes halogenated alkanes) is 1. The van der Waals surface area contributed by atoms with Crippen LogP contribution in [0.15, 0.2) is 18.2 Å². The van der Waals surface area contributed by atoms with E-state index in [0.29, 0.717) is 16.0 Å². The molecule has 4 heteroatoms. The summed E-state index contributed by atoms with van der Waals surface area (Å²) in [5.41, 5.74) is 4.00. The zero-order valence-corrected chi connectivity index (χ0v) is 14.3. The van der Waals surface area contributed by atoms with Crippen molar-refractivity contribution < 1.29 is 0 Å². The number of halogens is 2. The highest BCUT2D eigenvalue weighted by Gasteiger charge is 2.29. The van der Waals surface area contributed by atoms with Crippen LogP contribution in [0.3, 0.4) is 0 Å².